The molecule has 0 saturated carbocycles. The molecule has 1 unspecified atom stereocenters. The van der Waals surface area contributed by atoms with E-state index in [4.69, 9.17) is 0 Å². The molecule has 0 saturated heterocycles. The molecule has 0 N–H and O–H groups in total. The van der Waals surface area contributed by atoms with Gasteiger partial charge in [0.2, 0.25) is 0 Å². The van der Waals surface area contributed by atoms with Gasteiger partial charge in [-0.1, -0.05) is 60.2 Å². The topological polar surface area (TPSA) is 17.8 Å². The van der Waals surface area contributed by atoms with Crippen molar-refractivity contribution in [1.29, 1.82) is 0 Å². The van der Waals surface area contributed by atoms with Crippen LogP contribution < -0.4 is 0 Å². The van der Waals surface area contributed by atoms with Crippen LogP contribution in [-0.2, 0) is 19.4 Å². The second-order valence-electron chi connectivity index (χ2n) is 6.67. The van der Waals surface area contributed by atoms with Crippen LogP contribution in [0.15, 0.2) is 73.3 Å². The van der Waals surface area contributed by atoms with Crippen molar-refractivity contribution in [2.24, 2.45) is 5.92 Å². The van der Waals surface area contributed by atoms with Gasteiger partial charge in [-0.05, 0) is 49.7 Å². The first-order valence-electron chi connectivity index (χ1n) is 8.85. The van der Waals surface area contributed by atoms with Gasteiger partial charge < -0.3 is 4.57 Å². The summed E-state index contributed by atoms with van der Waals surface area (Å²) in [7, 11) is 0. The summed E-state index contributed by atoms with van der Waals surface area (Å²) in [6.45, 7) is 3.19. The van der Waals surface area contributed by atoms with Crippen LogP contribution in [0.5, 0.6) is 0 Å². The van der Waals surface area contributed by atoms with Gasteiger partial charge >= 0.3 is 0 Å². The quantitative estimate of drug-likeness (QED) is 0.567. The monoisotopic (exact) mass is 318 g/mol. The van der Waals surface area contributed by atoms with Crippen molar-refractivity contribution in [3.8, 4) is 0 Å². The van der Waals surface area contributed by atoms with Crippen LogP contribution in [0, 0.1) is 12.8 Å². The lowest BCUT2D eigenvalue weighted by molar-refractivity contribution is 0.416. The van der Waals surface area contributed by atoms with E-state index >= 15 is 0 Å². The fourth-order valence-electron chi connectivity index (χ4n) is 3.17. The maximum atomic E-state index is 4.15. The molecule has 0 bridgehead atoms. The number of nitrogens with zero attached hydrogens (tertiary/aromatic N) is 2. The average molecular weight is 318 g/mol. The molecule has 24 heavy (non-hydrogen) atoms. The molecule has 3 rings (SSSR count). The maximum Gasteiger partial charge on any atom is 0.0945 e. The Morgan fingerprint density at radius 1 is 0.917 bits per heavy atom. The van der Waals surface area contributed by atoms with Crippen molar-refractivity contribution < 1.29 is 0 Å². The van der Waals surface area contributed by atoms with Crippen LogP contribution >= 0.6 is 0 Å². The van der Waals surface area contributed by atoms with Crippen LogP contribution in [0.1, 0.15) is 29.5 Å². The Bertz CT molecular complexity index is 699. The first-order chi connectivity index (χ1) is 11.8. The first kappa shape index (κ1) is 16.5. The van der Waals surface area contributed by atoms with E-state index in [9.17, 15) is 0 Å². The number of imidazole rings is 1. The van der Waals surface area contributed by atoms with Gasteiger partial charge in [0.15, 0.2) is 0 Å². The van der Waals surface area contributed by atoms with Gasteiger partial charge in [0.05, 0.1) is 6.33 Å². The number of hydrogen-bond acceptors (Lipinski definition) is 1. The van der Waals surface area contributed by atoms with Crippen molar-refractivity contribution in [2.45, 2.75) is 39.2 Å². The van der Waals surface area contributed by atoms with Crippen molar-refractivity contribution in [1.82, 2.24) is 9.55 Å². The molecule has 124 valence electrons. The molecule has 0 aliphatic carbocycles. The molecular formula is C22H26N2. The molecule has 0 aliphatic heterocycles. The number of rotatable bonds is 8. The summed E-state index contributed by atoms with van der Waals surface area (Å²) in [5, 5.41) is 0. The average Bonchev–Trinajstić information content (AvgIpc) is 3.13. The zero-order valence-corrected chi connectivity index (χ0v) is 14.4. The van der Waals surface area contributed by atoms with Crippen LogP contribution in [0.4, 0.5) is 0 Å². The maximum absolute atomic E-state index is 4.15. The van der Waals surface area contributed by atoms with Crippen LogP contribution in [0.3, 0.4) is 0 Å². The highest BCUT2D eigenvalue weighted by Crippen LogP contribution is 2.20. The van der Waals surface area contributed by atoms with E-state index in [1.54, 1.807) is 0 Å². The van der Waals surface area contributed by atoms with E-state index in [0.717, 1.165) is 19.4 Å². The molecule has 2 aromatic carbocycles. The molecule has 0 radical (unpaired) electrons. The lowest BCUT2D eigenvalue weighted by Gasteiger charge is -2.17. The Kier molecular flexibility index (Phi) is 5.84. The summed E-state index contributed by atoms with van der Waals surface area (Å²) in [6.07, 6.45) is 10.6. The van der Waals surface area contributed by atoms with Crippen molar-refractivity contribution >= 4 is 0 Å². The van der Waals surface area contributed by atoms with Crippen molar-refractivity contribution in [2.75, 3.05) is 0 Å². The summed E-state index contributed by atoms with van der Waals surface area (Å²) in [4.78, 5) is 4.15. The van der Waals surface area contributed by atoms with Gasteiger partial charge in [0, 0.05) is 18.9 Å². The minimum absolute atomic E-state index is 0.691. The van der Waals surface area contributed by atoms with Crippen molar-refractivity contribution in [3.63, 3.8) is 0 Å². The van der Waals surface area contributed by atoms with E-state index < -0.39 is 0 Å². The Hall–Kier alpha value is -2.35. The van der Waals surface area contributed by atoms with E-state index in [-0.39, 0.29) is 0 Å². The van der Waals surface area contributed by atoms with E-state index in [2.05, 4.69) is 77.3 Å². The fourth-order valence-corrected chi connectivity index (χ4v) is 3.17. The Labute approximate surface area is 145 Å². The lowest BCUT2D eigenvalue weighted by Crippen LogP contribution is -2.10. The normalized spacial score (nSPS) is 12.2. The third-order valence-electron chi connectivity index (χ3n) is 4.68. The minimum atomic E-state index is 0.691. The van der Waals surface area contributed by atoms with Crippen LogP contribution in [0.25, 0.3) is 0 Å². The predicted octanol–water partition coefficient (Wildman–Crippen LogP) is 5.07. The van der Waals surface area contributed by atoms with E-state index in [1.165, 1.54) is 29.5 Å². The summed E-state index contributed by atoms with van der Waals surface area (Å²) in [5.41, 5.74) is 4.22. The van der Waals surface area contributed by atoms with E-state index in [1.807, 2.05) is 12.5 Å². The molecule has 0 aliphatic rings. The Morgan fingerprint density at radius 3 is 2.42 bits per heavy atom. The zero-order chi connectivity index (χ0) is 16.6. The highest BCUT2D eigenvalue weighted by atomic mass is 15.0. The van der Waals surface area contributed by atoms with Gasteiger partial charge in [0.25, 0.3) is 0 Å². The van der Waals surface area contributed by atoms with Crippen molar-refractivity contribution in [3.05, 3.63) is 90.0 Å². The Morgan fingerprint density at radius 2 is 1.71 bits per heavy atom. The molecule has 0 fully saturated rings. The standard InChI is InChI=1S/C22H26N2/c1-19-7-9-20(10-8-19)11-12-22(13-15-24-16-14-23-18-24)17-21-5-3-2-4-6-21/h2-10,14,16,18,22H,11-13,15,17H2,1H3. The molecule has 1 aromatic heterocycles. The summed E-state index contributed by atoms with van der Waals surface area (Å²) in [6, 6.07) is 19.8. The molecule has 1 atom stereocenters. The molecule has 1 heterocycles. The molecule has 0 spiro atoms. The number of hydrogen-bond donors (Lipinski definition) is 0. The molecule has 2 nitrogen and oxygen atoms in total. The number of aromatic nitrogens is 2. The molecule has 2 heteroatoms. The number of benzene rings is 2. The molecule has 3 aromatic rings. The largest absolute Gasteiger partial charge is 0.337 e. The summed E-state index contributed by atoms with van der Waals surface area (Å²) < 4.78 is 2.18. The van der Waals surface area contributed by atoms with E-state index in [0.29, 0.717) is 5.92 Å². The lowest BCUT2D eigenvalue weighted by atomic mass is 9.90. The zero-order valence-electron chi connectivity index (χ0n) is 14.4. The smallest absolute Gasteiger partial charge is 0.0945 e. The van der Waals surface area contributed by atoms with Gasteiger partial charge in [-0.2, -0.15) is 0 Å². The third-order valence-corrected chi connectivity index (χ3v) is 4.68. The fraction of sp³-hybridized carbons (Fsp3) is 0.318. The van der Waals surface area contributed by atoms with Gasteiger partial charge in [0.1, 0.15) is 0 Å². The SMILES string of the molecule is Cc1ccc(CCC(CCn2ccnc2)Cc2ccccc2)cc1. The highest BCUT2D eigenvalue weighted by molar-refractivity contribution is 5.21. The second kappa shape index (κ2) is 8.49. The Balaban J connectivity index is 1.60. The third kappa shape index (κ3) is 5.09. The second-order valence-corrected chi connectivity index (χ2v) is 6.67. The van der Waals surface area contributed by atoms with Gasteiger partial charge in [-0.3, -0.25) is 0 Å². The molecule has 0 amide bonds. The minimum Gasteiger partial charge on any atom is -0.337 e. The summed E-state index contributed by atoms with van der Waals surface area (Å²) in [5.74, 6) is 0.691. The first-order valence-corrected chi connectivity index (χ1v) is 8.85. The van der Waals surface area contributed by atoms with Crippen LogP contribution in [0.2, 0.25) is 0 Å². The van der Waals surface area contributed by atoms with Gasteiger partial charge in [-0.15, -0.1) is 0 Å². The highest BCUT2D eigenvalue weighted by Gasteiger charge is 2.11. The van der Waals surface area contributed by atoms with Crippen LogP contribution in [-0.4, -0.2) is 9.55 Å². The van der Waals surface area contributed by atoms with Gasteiger partial charge in [-0.25, -0.2) is 4.98 Å². The predicted molar refractivity (Wildman–Crippen MR) is 100.0 cm³/mol. The molecular weight excluding hydrogens is 292 g/mol. The summed E-state index contributed by atoms with van der Waals surface area (Å²) >= 11 is 0. The number of aryl methyl sites for hydroxylation is 3.